The Morgan fingerprint density at radius 1 is 1.45 bits per heavy atom. The molecule has 0 saturated carbocycles. The lowest BCUT2D eigenvalue weighted by molar-refractivity contribution is 0.0759. The molecule has 0 spiro atoms. The van der Waals surface area contributed by atoms with Gasteiger partial charge in [-0.25, -0.2) is 4.98 Å². The van der Waals surface area contributed by atoms with Gasteiger partial charge in [0, 0.05) is 51.7 Å². The van der Waals surface area contributed by atoms with Crippen LogP contribution in [0.25, 0.3) is 0 Å². The van der Waals surface area contributed by atoms with Gasteiger partial charge in [-0.15, -0.1) is 0 Å². The van der Waals surface area contributed by atoms with E-state index in [1.165, 1.54) is 0 Å². The Labute approximate surface area is 130 Å². The van der Waals surface area contributed by atoms with Gasteiger partial charge in [0.05, 0.1) is 11.3 Å². The number of aromatic nitrogens is 4. The molecule has 6 nitrogen and oxygen atoms in total. The van der Waals surface area contributed by atoms with Crippen LogP contribution < -0.4 is 0 Å². The average molecular weight is 301 g/mol. The quantitative estimate of drug-likeness (QED) is 0.864. The van der Waals surface area contributed by atoms with E-state index in [-0.39, 0.29) is 5.91 Å². The first-order valence-corrected chi connectivity index (χ1v) is 7.73. The van der Waals surface area contributed by atoms with Gasteiger partial charge < -0.3 is 9.47 Å². The number of carbonyl (C=O) groups excluding carboxylic acids is 1. The Hall–Kier alpha value is -2.11. The van der Waals surface area contributed by atoms with Crippen LogP contribution in [0.5, 0.6) is 0 Å². The molecule has 2 aromatic rings. The van der Waals surface area contributed by atoms with Crippen molar-refractivity contribution in [3.63, 3.8) is 0 Å². The van der Waals surface area contributed by atoms with Crippen molar-refractivity contribution in [3.8, 4) is 0 Å². The number of nitrogens with zero attached hydrogens (tertiary/aromatic N) is 5. The van der Waals surface area contributed by atoms with Gasteiger partial charge in [0.1, 0.15) is 5.82 Å². The number of amides is 1. The maximum atomic E-state index is 12.7. The highest BCUT2D eigenvalue weighted by molar-refractivity contribution is 5.96. The Morgan fingerprint density at radius 3 is 2.91 bits per heavy atom. The SMILES string of the molecule is Cc1nn(C)c(C)c1C(=O)N(C)CC1CCc2nccn2C1. The number of hydrogen-bond acceptors (Lipinski definition) is 3. The zero-order chi connectivity index (χ0) is 15.9. The lowest BCUT2D eigenvalue weighted by Crippen LogP contribution is -2.35. The molecule has 22 heavy (non-hydrogen) atoms. The number of rotatable bonds is 3. The smallest absolute Gasteiger partial charge is 0.257 e. The molecule has 1 amide bonds. The van der Waals surface area contributed by atoms with Crippen molar-refractivity contribution >= 4 is 5.91 Å². The van der Waals surface area contributed by atoms with Crippen molar-refractivity contribution in [2.75, 3.05) is 13.6 Å². The zero-order valence-electron chi connectivity index (χ0n) is 13.7. The molecule has 0 fully saturated rings. The van der Waals surface area contributed by atoms with Gasteiger partial charge in [-0.05, 0) is 26.2 Å². The molecule has 118 valence electrons. The normalized spacial score (nSPS) is 17.4. The second-order valence-corrected chi connectivity index (χ2v) is 6.26. The summed E-state index contributed by atoms with van der Waals surface area (Å²) in [5.41, 5.74) is 2.47. The molecule has 0 aromatic carbocycles. The number of fused-ring (bicyclic) bond motifs is 1. The Balaban J connectivity index is 1.70. The summed E-state index contributed by atoms with van der Waals surface area (Å²) in [5, 5.41) is 4.34. The molecule has 3 heterocycles. The summed E-state index contributed by atoms with van der Waals surface area (Å²) < 4.78 is 3.97. The predicted octanol–water partition coefficient (Wildman–Crippen LogP) is 1.57. The number of imidazole rings is 1. The first-order valence-electron chi connectivity index (χ1n) is 7.73. The summed E-state index contributed by atoms with van der Waals surface area (Å²) in [7, 11) is 3.76. The van der Waals surface area contributed by atoms with Gasteiger partial charge in [0.2, 0.25) is 0 Å². The molecule has 2 aromatic heterocycles. The van der Waals surface area contributed by atoms with Gasteiger partial charge in [0.15, 0.2) is 0 Å². The minimum atomic E-state index is 0.0690. The second-order valence-electron chi connectivity index (χ2n) is 6.26. The minimum absolute atomic E-state index is 0.0690. The molecule has 0 saturated heterocycles. The van der Waals surface area contributed by atoms with Crippen LogP contribution in [0.2, 0.25) is 0 Å². The lowest BCUT2D eigenvalue weighted by Gasteiger charge is -2.28. The van der Waals surface area contributed by atoms with E-state index in [0.29, 0.717) is 5.92 Å². The lowest BCUT2D eigenvalue weighted by atomic mass is 9.98. The van der Waals surface area contributed by atoms with E-state index in [1.807, 2.05) is 45.2 Å². The van der Waals surface area contributed by atoms with E-state index in [9.17, 15) is 4.79 Å². The average Bonchev–Trinajstić information content (AvgIpc) is 3.03. The Kier molecular flexibility index (Phi) is 3.76. The van der Waals surface area contributed by atoms with E-state index < -0.39 is 0 Å². The highest BCUT2D eigenvalue weighted by atomic mass is 16.2. The predicted molar refractivity (Wildman–Crippen MR) is 83.7 cm³/mol. The summed E-state index contributed by atoms with van der Waals surface area (Å²) in [5.74, 6) is 1.71. The van der Waals surface area contributed by atoms with Gasteiger partial charge >= 0.3 is 0 Å². The Morgan fingerprint density at radius 2 is 2.23 bits per heavy atom. The maximum absolute atomic E-state index is 12.7. The topological polar surface area (TPSA) is 56.0 Å². The molecule has 1 unspecified atom stereocenters. The summed E-state index contributed by atoms with van der Waals surface area (Å²) >= 11 is 0. The van der Waals surface area contributed by atoms with Crippen molar-refractivity contribution in [3.05, 3.63) is 35.2 Å². The largest absolute Gasteiger partial charge is 0.341 e. The zero-order valence-corrected chi connectivity index (χ0v) is 13.7. The Bertz CT molecular complexity index is 699. The van der Waals surface area contributed by atoms with Crippen LogP contribution in [-0.2, 0) is 20.0 Å². The molecule has 0 radical (unpaired) electrons. The van der Waals surface area contributed by atoms with Crippen molar-refractivity contribution < 1.29 is 4.79 Å². The molecule has 1 aliphatic heterocycles. The van der Waals surface area contributed by atoms with E-state index in [0.717, 1.165) is 48.7 Å². The third-order valence-electron chi connectivity index (χ3n) is 4.63. The van der Waals surface area contributed by atoms with Crippen LogP contribution >= 0.6 is 0 Å². The summed E-state index contributed by atoms with van der Waals surface area (Å²) in [6.45, 7) is 5.55. The number of carbonyl (C=O) groups is 1. The fourth-order valence-corrected chi connectivity index (χ4v) is 3.33. The van der Waals surface area contributed by atoms with Crippen LogP contribution in [0.15, 0.2) is 12.4 Å². The van der Waals surface area contributed by atoms with Crippen LogP contribution in [0, 0.1) is 19.8 Å². The molecule has 0 N–H and O–H groups in total. The van der Waals surface area contributed by atoms with Crippen molar-refractivity contribution in [2.45, 2.75) is 33.2 Å². The van der Waals surface area contributed by atoms with Gasteiger partial charge in [0.25, 0.3) is 5.91 Å². The number of aryl methyl sites for hydroxylation is 3. The van der Waals surface area contributed by atoms with Gasteiger partial charge in [-0.2, -0.15) is 5.10 Å². The van der Waals surface area contributed by atoms with E-state index in [4.69, 9.17) is 0 Å². The monoisotopic (exact) mass is 301 g/mol. The highest BCUT2D eigenvalue weighted by Gasteiger charge is 2.25. The molecule has 3 rings (SSSR count). The highest BCUT2D eigenvalue weighted by Crippen LogP contribution is 2.21. The van der Waals surface area contributed by atoms with Crippen molar-refractivity contribution in [1.82, 2.24) is 24.2 Å². The molecule has 1 atom stereocenters. The fourth-order valence-electron chi connectivity index (χ4n) is 3.33. The standard InChI is InChI=1S/C16H23N5O/c1-11-15(12(2)20(4)18-11)16(22)19(3)9-13-5-6-14-17-7-8-21(14)10-13/h7-8,13H,5-6,9-10H2,1-4H3. The second kappa shape index (κ2) is 5.59. The molecular weight excluding hydrogens is 278 g/mol. The van der Waals surface area contributed by atoms with Crippen LogP contribution in [0.4, 0.5) is 0 Å². The van der Waals surface area contributed by atoms with E-state index >= 15 is 0 Å². The minimum Gasteiger partial charge on any atom is -0.341 e. The van der Waals surface area contributed by atoms with Gasteiger partial charge in [-0.1, -0.05) is 0 Å². The third kappa shape index (κ3) is 2.53. The number of hydrogen-bond donors (Lipinski definition) is 0. The molecule has 0 aliphatic carbocycles. The summed E-state index contributed by atoms with van der Waals surface area (Å²) in [4.78, 5) is 18.9. The van der Waals surface area contributed by atoms with Crippen LogP contribution in [0.3, 0.4) is 0 Å². The maximum Gasteiger partial charge on any atom is 0.257 e. The van der Waals surface area contributed by atoms with Crippen molar-refractivity contribution in [2.24, 2.45) is 13.0 Å². The van der Waals surface area contributed by atoms with Crippen LogP contribution in [-0.4, -0.2) is 43.7 Å². The van der Waals surface area contributed by atoms with Crippen molar-refractivity contribution in [1.29, 1.82) is 0 Å². The third-order valence-corrected chi connectivity index (χ3v) is 4.63. The first-order chi connectivity index (χ1) is 10.5. The van der Waals surface area contributed by atoms with Gasteiger partial charge in [-0.3, -0.25) is 9.48 Å². The van der Waals surface area contributed by atoms with Crippen LogP contribution in [0.1, 0.15) is 34.0 Å². The molecule has 0 bridgehead atoms. The summed E-state index contributed by atoms with van der Waals surface area (Å²) in [6.07, 6.45) is 5.96. The molecule has 6 heteroatoms. The summed E-state index contributed by atoms with van der Waals surface area (Å²) in [6, 6.07) is 0. The molecular formula is C16H23N5O. The van der Waals surface area contributed by atoms with E-state index in [1.54, 1.807) is 4.68 Å². The van der Waals surface area contributed by atoms with E-state index in [2.05, 4.69) is 14.6 Å². The first kappa shape index (κ1) is 14.8. The molecule has 1 aliphatic rings. The fraction of sp³-hybridized carbons (Fsp3) is 0.562.